The quantitative estimate of drug-likeness (QED) is 0.618. The zero-order chi connectivity index (χ0) is 16.8. The van der Waals surface area contributed by atoms with Crippen molar-refractivity contribution < 1.29 is 0 Å². The molecule has 1 aliphatic heterocycles. The number of hydrogen-bond donors (Lipinski definition) is 0. The lowest BCUT2D eigenvalue weighted by Gasteiger charge is -2.36. The van der Waals surface area contributed by atoms with E-state index >= 15 is 0 Å². The summed E-state index contributed by atoms with van der Waals surface area (Å²) in [6.07, 6.45) is 5.74. The van der Waals surface area contributed by atoms with Gasteiger partial charge in [-0.1, -0.05) is 60.2 Å². The molecule has 0 aromatic heterocycles. The van der Waals surface area contributed by atoms with Crippen molar-refractivity contribution in [1.82, 2.24) is 4.90 Å². The van der Waals surface area contributed by atoms with Crippen LogP contribution in [0.1, 0.15) is 41.9 Å². The number of halogens is 1. The Morgan fingerprint density at radius 3 is 2.54 bits per heavy atom. The molecule has 1 atom stereocenters. The monoisotopic (exact) mass is 339 g/mol. The summed E-state index contributed by atoms with van der Waals surface area (Å²) >= 11 is 5.92. The van der Waals surface area contributed by atoms with Crippen molar-refractivity contribution in [3.8, 4) is 0 Å². The van der Waals surface area contributed by atoms with Crippen LogP contribution in [-0.4, -0.2) is 23.9 Å². The average Bonchev–Trinajstić information content (AvgIpc) is 2.63. The topological polar surface area (TPSA) is 3.24 Å². The van der Waals surface area contributed by atoms with Crippen LogP contribution in [0.15, 0.2) is 60.3 Å². The highest BCUT2D eigenvalue weighted by atomic mass is 35.5. The second-order valence-electron chi connectivity index (χ2n) is 6.68. The lowest BCUT2D eigenvalue weighted by molar-refractivity contribution is 0.276. The van der Waals surface area contributed by atoms with Crippen molar-refractivity contribution in [2.24, 2.45) is 0 Å². The van der Waals surface area contributed by atoms with Crippen molar-refractivity contribution in [1.29, 1.82) is 0 Å². The predicted octanol–water partition coefficient (Wildman–Crippen LogP) is 5.84. The van der Waals surface area contributed by atoms with Crippen LogP contribution in [0.3, 0.4) is 0 Å². The molecule has 1 aliphatic rings. The molecule has 0 N–H and O–H groups in total. The first kappa shape index (κ1) is 17.1. The van der Waals surface area contributed by atoms with Crippen molar-refractivity contribution in [3.63, 3.8) is 0 Å². The molecule has 2 aromatic rings. The fraction of sp³-hybridized carbons (Fsp3) is 0.364. The van der Waals surface area contributed by atoms with Gasteiger partial charge >= 0.3 is 0 Å². The predicted molar refractivity (Wildman–Crippen MR) is 104 cm³/mol. The number of benzene rings is 2. The molecule has 0 aliphatic carbocycles. The Kier molecular flexibility index (Phi) is 5.98. The first-order valence-corrected chi connectivity index (χ1v) is 9.43. The molecule has 126 valence electrons. The first-order valence-electron chi connectivity index (χ1n) is 8.89. The molecule has 0 saturated carbocycles. The molecule has 0 bridgehead atoms. The van der Waals surface area contributed by atoms with E-state index in [0.717, 1.165) is 31.8 Å². The molecular formula is C22H26ClN. The molecule has 0 radical (unpaired) electrons. The van der Waals surface area contributed by atoms with Gasteiger partial charge in [0.25, 0.3) is 0 Å². The number of likely N-dealkylation sites (tertiary alicyclic amines) is 1. The standard InChI is InChI=1S/C22H26ClN/c1-18-8-10-19(11-9-18)16-22-17-21(20-6-3-2-4-7-20)12-15-24(22)14-5-13-23/h2-4,6-11,16,21H,5,12-15,17H2,1H3. The normalized spacial score (nSPS) is 19.7. The highest BCUT2D eigenvalue weighted by molar-refractivity contribution is 6.17. The largest absolute Gasteiger partial charge is 0.375 e. The smallest absolute Gasteiger partial charge is 0.0240 e. The van der Waals surface area contributed by atoms with Crippen LogP contribution in [-0.2, 0) is 0 Å². The molecule has 0 amide bonds. The third-order valence-corrected chi connectivity index (χ3v) is 5.12. The summed E-state index contributed by atoms with van der Waals surface area (Å²) in [5, 5.41) is 0. The molecule has 1 heterocycles. The van der Waals surface area contributed by atoms with Gasteiger partial charge in [0.1, 0.15) is 0 Å². The Bertz CT molecular complexity index is 660. The summed E-state index contributed by atoms with van der Waals surface area (Å²) in [4.78, 5) is 2.53. The van der Waals surface area contributed by atoms with Gasteiger partial charge in [-0.15, -0.1) is 11.6 Å². The summed E-state index contributed by atoms with van der Waals surface area (Å²) < 4.78 is 0. The zero-order valence-corrected chi connectivity index (χ0v) is 15.2. The van der Waals surface area contributed by atoms with Crippen LogP contribution in [0.4, 0.5) is 0 Å². The number of hydrogen-bond acceptors (Lipinski definition) is 1. The zero-order valence-electron chi connectivity index (χ0n) is 14.4. The first-order chi connectivity index (χ1) is 11.8. The van der Waals surface area contributed by atoms with E-state index < -0.39 is 0 Å². The number of aryl methyl sites for hydroxylation is 1. The van der Waals surface area contributed by atoms with Gasteiger partial charge in [-0.2, -0.15) is 0 Å². The average molecular weight is 340 g/mol. The van der Waals surface area contributed by atoms with Crippen LogP contribution >= 0.6 is 11.6 Å². The second-order valence-corrected chi connectivity index (χ2v) is 7.05. The van der Waals surface area contributed by atoms with Gasteiger partial charge in [-0.3, -0.25) is 0 Å². The van der Waals surface area contributed by atoms with Gasteiger partial charge in [0.05, 0.1) is 0 Å². The maximum Gasteiger partial charge on any atom is 0.0240 e. The van der Waals surface area contributed by atoms with Gasteiger partial charge in [0.15, 0.2) is 0 Å². The summed E-state index contributed by atoms with van der Waals surface area (Å²) in [5.74, 6) is 1.35. The van der Waals surface area contributed by atoms with Crippen LogP contribution in [0, 0.1) is 6.92 Å². The van der Waals surface area contributed by atoms with E-state index in [1.807, 2.05) is 0 Å². The van der Waals surface area contributed by atoms with Gasteiger partial charge in [0, 0.05) is 24.7 Å². The van der Waals surface area contributed by atoms with Crippen LogP contribution in [0.5, 0.6) is 0 Å². The Balaban J connectivity index is 1.82. The Hall–Kier alpha value is -1.73. The lowest BCUT2D eigenvalue weighted by atomic mass is 9.87. The van der Waals surface area contributed by atoms with E-state index in [1.165, 1.54) is 28.8 Å². The van der Waals surface area contributed by atoms with E-state index in [0.29, 0.717) is 5.92 Å². The lowest BCUT2D eigenvalue weighted by Crippen LogP contribution is -2.32. The SMILES string of the molecule is Cc1ccc(C=C2CC(c3ccccc3)CCN2CCCCl)cc1. The summed E-state index contributed by atoms with van der Waals surface area (Å²) in [6, 6.07) is 19.7. The Labute approximate surface area is 151 Å². The van der Waals surface area contributed by atoms with Crippen LogP contribution in [0.2, 0.25) is 0 Å². The van der Waals surface area contributed by atoms with E-state index in [4.69, 9.17) is 11.6 Å². The van der Waals surface area contributed by atoms with E-state index in [9.17, 15) is 0 Å². The van der Waals surface area contributed by atoms with Crippen LogP contribution in [0.25, 0.3) is 6.08 Å². The van der Waals surface area contributed by atoms with E-state index in [1.54, 1.807) is 0 Å². The molecule has 1 unspecified atom stereocenters. The third kappa shape index (κ3) is 4.42. The van der Waals surface area contributed by atoms with Crippen molar-refractivity contribution >= 4 is 17.7 Å². The molecule has 1 nitrogen and oxygen atoms in total. The number of piperidine rings is 1. The minimum atomic E-state index is 0.621. The van der Waals surface area contributed by atoms with Crippen LogP contribution < -0.4 is 0 Å². The number of rotatable bonds is 5. The fourth-order valence-corrected chi connectivity index (χ4v) is 3.58. The van der Waals surface area contributed by atoms with Gasteiger partial charge in [0.2, 0.25) is 0 Å². The Morgan fingerprint density at radius 1 is 1.08 bits per heavy atom. The van der Waals surface area contributed by atoms with Gasteiger partial charge in [-0.05, 0) is 49.3 Å². The van der Waals surface area contributed by atoms with Crippen molar-refractivity contribution in [3.05, 3.63) is 77.0 Å². The van der Waals surface area contributed by atoms with Gasteiger partial charge < -0.3 is 4.90 Å². The molecule has 2 aromatic carbocycles. The maximum atomic E-state index is 5.92. The van der Waals surface area contributed by atoms with E-state index in [-0.39, 0.29) is 0 Å². The Morgan fingerprint density at radius 2 is 1.83 bits per heavy atom. The molecule has 1 fully saturated rings. The molecule has 2 heteroatoms. The summed E-state index contributed by atoms with van der Waals surface area (Å²) in [6.45, 7) is 4.31. The minimum absolute atomic E-state index is 0.621. The maximum absolute atomic E-state index is 5.92. The molecule has 0 spiro atoms. The molecule has 3 rings (SSSR count). The number of allylic oxidation sites excluding steroid dienone is 1. The number of alkyl halides is 1. The van der Waals surface area contributed by atoms with E-state index in [2.05, 4.69) is 72.5 Å². The summed E-state index contributed by atoms with van der Waals surface area (Å²) in [5.41, 5.74) is 5.51. The summed E-state index contributed by atoms with van der Waals surface area (Å²) in [7, 11) is 0. The molecular weight excluding hydrogens is 314 g/mol. The molecule has 24 heavy (non-hydrogen) atoms. The third-order valence-electron chi connectivity index (χ3n) is 4.85. The molecule has 1 saturated heterocycles. The second kappa shape index (κ2) is 8.39. The minimum Gasteiger partial charge on any atom is -0.375 e. The van der Waals surface area contributed by atoms with Crippen molar-refractivity contribution in [2.45, 2.75) is 32.1 Å². The van der Waals surface area contributed by atoms with Crippen molar-refractivity contribution in [2.75, 3.05) is 19.0 Å². The highest BCUT2D eigenvalue weighted by Crippen LogP contribution is 2.34. The fourth-order valence-electron chi connectivity index (χ4n) is 3.46. The van der Waals surface area contributed by atoms with Gasteiger partial charge in [-0.25, -0.2) is 0 Å². The number of nitrogens with zero attached hydrogens (tertiary/aromatic N) is 1. The highest BCUT2D eigenvalue weighted by Gasteiger charge is 2.23.